The predicted octanol–water partition coefficient (Wildman–Crippen LogP) is 4.85. The van der Waals surface area contributed by atoms with Crippen LogP contribution in [0.15, 0.2) is 18.2 Å². The van der Waals surface area contributed by atoms with Crippen LogP contribution in [0.2, 0.25) is 5.02 Å². The van der Waals surface area contributed by atoms with Crippen molar-refractivity contribution in [3.63, 3.8) is 0 Å². The van der Waals surface area contributed by atoms with E-state index in [4.69, 9.17) is 11.6 Å². The molecule has 0 saturated heterocycles. The fourth-order valence-corrected chi connectivity index (χ4v) is 2.99. The minimum Gasteiger partial charge on any atom is -0.370 e. The van der Waals surface area contributed by atoms with Crippen molar-refractivity contribution in [1.29, 1.82) is 0 Å². The molecule has 0 amide bonds. The molecule has 0 aliphatic heterocycles. The molecule has 0 radical (unpaired) electrons. The number of nitrogens with zero attached hydrogens (tertiary/aromatic N) is 1. The number of anilines is 1. The zero-order valence-electron chi connectivity index (χ0n) is 13.9. The van der Waals surface area contributed by atoms with Gasteiger partial charge in [0, 0.05) is 25.2 Å². The molecule has 0 spiro atoms. The van der Waals surface area contributed by atoms with Gasteiger partial charge in [-0.1, -0.05) is 24.1 Å². The smallest absolute Gasteiger partial charge is 0.0642 e. The van der Waals surface area contributed by atoms with Gasteiger partial charge in [0.2, 0.25) is 0 Å². The minimum absolute atomic E-state index is 0.130. The van der Waals surface area contributed by atoms with Gasteiger partial charge in [-0.3, -0.25) is 0 Å². The third-order valence-electron chi connectivity index (χ3n) is 4.26. The van der Waals surface area contributed by atoms with Crippen LogP contribution in [0.4, 0.5) is 5.69 Å². The van der Waals surface area contributed by atoms with Crippen molar-refractivity contribution in [3.8, 4) is 0 Å². The molecule has 0 bridgehead atoms. The van der Waals surface area contributed by atoms with Crippen LogP contribution in [0.1, 0.15) is 52.5 Å². The Labute approximate surface area is 134 Å². The van der Waals surface area contributed by atoms with E-state index < -0.39 is 0 Å². The van der Waals surface area contributed by atoms with E-state index in [9.17, 15) is 0 Å². The molecule has 1 aromatic carbocycles. The molecule has 1 aliphatic carbocycles. The van der Waals surface area contributed by atoms with Gasteiger partial charge in [-0.15, -0.1) is 0 Å². The lowest BCUT2D eigenvalue weighted by Crippen LogP contribution is -2.35. The van der Waals surface area contributed by atoms with Gasteiger partial charge in [-0.2, -0.15) is 0 Å². The first-order valence-electron chi connectivity index (χ1n) is 8.17. The first-order chi connectivity index (χ1) is 9.89. The van der Waals surface area contributed by atoms with Gasteiger partial charge in [0.1, 0.15) is 0 Å². The van der Waals surface area contributed by atoms with Crippen molar-refractivity contribution in [2.75, 3.05) is 18.0 Å². The van der Waals surface area contributed by atoms with Crippen molar-refractivity contribution >= 4 is 17.3 Å². The number of hydrogen-bond donors (Lipinski definition) is 1. The molecular weight excluding hydrogens is 280 g/mol. The number of hydrogen-bond acceptors (Lipinski definition) is 2. The maximum atomic E-state index is 6.53. The molecule has 1 aliphatic rings. The highest BCUT2D eigenvalue weighted by Gasteiger charge is 2.21. The van der Waals surface area contributed by atoms with E-state index in [1.807, 2.05) is 0 Å². The Hall–Kier alpha value is -0.730. The predicted molar refractivity (Wildman–Crippen MR) is 93.3 cm³/mol. The summed E-state index contributed by atoms with van der Waals surface area (Å²) in [5, 5.41) is 4.39. The lowest BCUT2D eigenvalue weighted by atomic mass is 9.85. The lowest BCUT2D eigenvalue weighted by Gasteiger charge is -2.33. The van der Waals surface area contributed by atoms with E-state index in [2.05, 4.69) is 56.1 Å². The summed E-state index contributed by atoms with van der Waals surface area (Å²) in [4.78, 5) is 2.42. The monoisotopic (exact) mass is 308 g/mol. The fourth-order valence-electron chi connectivity index (χ4n) is 2.67. The highest BCUT2D eigenvalue weighted by molar-refractivity contribution is 6.33. The molecule has 0 heterocycles. The van der Waals surface area contributed by atoms with Crippen LogP contribution in [0.5, 0.6) is 0 Å². The molecule has 1 aromatic rings. The highest BCUT2D eigenvalue weighted by Crippen LogP contribution is 2.32. The molecule has 0 aromatic heterocycles. The summed E-state index contributed by atoms with van der Waals surface area (Å²) in [6.07, 6.45) is 4.15. The molecular formula is C18H29ClN2. The molecule has 21 heavy (non-hydrogen) atoms. The van der Waals surface area contributed by atoms with Gasteiger partial charge in [0.15, 0.2) is 0 Å². The second kappa shape index (κ2) is 7.02. The zero-order chi connectivity index (χ0) is 15.5. The molecule has 2 nitrogen and oxygen atoms in total. The quantitative estimate of drug-likeness (QED) is 0.807. The Morgan fingerprint density at radius 2 is 2.00 bits per heavy atom. The van der Waals surface area contributed by atoms with E-state index in [-0.39, 0.29) is 5.54 Å². The molecule has 1 N–H and O–H groups in total. The maximum absolute atomic E-state index is 6.53. The SMILES string of the molecule is CCN(CC1CCC1)c1ccc(CNC(C)(C)C)cc1Cl. The number of rotatable bonds is 6. The third-order valence-corrected chi connectivity index (χ3v) is 4.56. The second-order valence-electron chi connectivity index (χ2n) is 7.22. The van der Waals surface area contributed by atoms with Gasteiger partial charge in [-0.25, -0.2) is 0 Å². The van der Waals surface area contributed by atoms with Gasteiger partial charge in [-0.05, 0) is 64.2 Å². The molecule has 1 fully saturated rings. The Morgan fingerprint density at radius 3 is 2.48 bits per heavy atom. The van der Waals surface area contributed by atoms with E-state index in [1.54, 1.807) is 0 Å². The van der Waals surface area contributed by atoms with Gasteiger partial charge < -0.3 is 10.2 Å². The van der Waals surface area contributed by atoms with Crippen molar-refractivity contribution < 1.29 is 0 Å². The lowest BCUT2D eigenvalue weighted by molar-refractivity contribution is 0.318. The minimum atomic E-state index is 0.130. The number of halogens is 1. The summed E-state index contributed by atoms with van der Waals surface area (Å²) >= 11 is 6.53. The molecule has 3 heteroatoms. The van der Waals surface area contributed by atoms with E-state index in [1.165, 1.54) is 30.5 Å². The summed E-state index contributed by atoms with van der Waals surface area (Å²) < 4.78 is 0. The van der Waals surface area contributed by atoms with E-state index >= 15 is 0 Å². The number of nitrogens with one attached hydrogen (secondary N) is 1. The van der Waals surface area contributed by atoms with Crippen LogP contribution in [0, 0.1) is 5.92 Å². The van der Waals surface area contributed by atoms with E-state index in [0.717, 1.165) is 30.6 Å². The standard InChI is InChI=1S/C18H29ClN2/c1-5-21(13-14-7-6-8-14)17-10-9-15(11-16(17)19)12-20-18(2,3)4/h9-11,14,20H,5-8,12-13H2,1-4H3. The van der Waals surface area contributed by atoms with Crippen LogP contribution >= 0.6 is 11.6 Å². The third kappa shape index (κ3) is 4.89. The first kappa shape index (κ1) is 16.6. The van der Waals surface area contributed by atoms with Gasteiger partial charge in [0.05, 0.1) is 10.7 Å². The van der Waals surface area contributed by atoms with Crippen molar-refractivity contribution in [2.45, 2.75) is 59.0 Å². The Kier molecular flexibility index (Phi) is 5.56. The summed E-state index contributed by atoms with van der Waals surface area (Å²) in [5.41, 5.74) is 2.56. The largest absolute Gasteiger partial charge is 0.370 e. The molecule has 1 saturated carbocycles. The summed E-state index contributed by atoms with van der Waals surface area (Å²) in [6.45, 7) is 11.8. The second-order valence-corrected chi connectivity index (χ2v) is 7.63. The number of benzene rings is 1. The van der Waals surface area contributed by atoms with Crippen LogP contribution in [-0.2, 0) is 6.54 Å². The summed E-state index contributed by atoms with van der Waals surface area (Å²) in [5.74, 6) is 0.864. The van der Waals surface area contributed by atoms with E-state index in [0.29, 0.717) is 0 Å². The highest BCUT2D eigenvalue weighted by atomic mass is 35.5. The Balaban J connectivity index is 2.02. The fraction of sp³-hybridized carbons (Fsp3) is 0.667. The average Bonchev–Trinajstić information content (AvgIpc) is 2.36. The molecule has 0 atom stereocenters. The normalized spacial score (nSPS) is 15.9. The van der Waals surface area contributed by atoms with Crippen LogP contribution in [0.3, 0.4) is 0 Å². The van der Waals surface area contributed by atoms with Crippen LogP contribution < -0.4 is 10.2 Å². The van der Waals surface area contributed by atoms with Gasteiger partial charge in [0.25, 0.3) is 0 Å². The molecule has 2 rings (SSSR count). The topological polar surface area (TPSA) is 15.3 Å². The van der Waals surface area contributed by atoms with Gasteiger partial charge >= 0.3 is 0 Å². The van der Waals surface area contributed by atoms with Crippen molar-refractivity contribution in [2.24, 2.45) is 5.92 Å². The van der Waals surface area contributed by atoms with Crippen LogP contribution in [0.25, 0.3) is 0 Å². The van der Waals surface area contributed by atoms with Crippen molar-refractivity contribution in [3.05, 3.63) is 28.8 Å². The maximum Gasteiger partial charge on any atom is 0.0642 e. The average molecular weight is 309 g/mol. The van der Waals surface area contributed by atoms with Crippen LogP contribution in [-0.4, -0.2) is 18.6 Å². The summed E-state index contributed by atoms with van der Waals surface area (Å²) in [7, 11) is 0. The Morgan fingerprint density at radius 1 is 1.29 bits per heavy atom. The Bertz CT molecular complexity index is 461. The first-order valence-corrected chi connectivity index (χ1v) is 8.55. The zero-order valence-corrected chi connectivity index (χ0v) is 14.6. The van der Waals surface area contributed by atoms with Crippen molar-refractivity contribution in [1.82, 2.24) is 5.32 Å². The summed E-state index contributed by atoms with van der Waals surface area (Å²) in [6, 6.07) is 6.49. The molecule has 0 unspecified atom stereocenters. The molecule has 118 valence electrons.